The van der Waals surface area contributed by atoms with Crippen molar-refractivity contribution in [3.8, 4) is 0 Å². The Kier molecular flexibility index (Phi) is 6.56. The molecule has 7 heteroatoms. The first-order valence-electron chi connectivity index (χ1n) is 7.67. The summed E-state index contributed by atoms with van der Waals surface area (Å²) >= 11 is 3.33. The fraction of sp³-hybridized carbons (Fsp3) is 0.500. The molecule has 2 amide bonds. The summed E-state index contributed by atoms with van der Waals surface area (Å²) in [4.78, 5) is 24.3. The molecule has 0 unspecified atom stereocenters. The first-order chi connectivity index (χ1) is 11.1. The van der Waals surface area contributed by atoms with E-state index in [2.05, 4.69) is 26.6 Å². The third kappa shape index (κ3) is 4.76. The van der Waals surface area contributed by atoms with Gasteiger partial charge in [-0.05, 0) is 31.0 Å². The second-order valence-corrected chi connectivity index (χ2v) is 6.53. The van der Waals surface area contributed by atoms with Crippen LogP contribution in [0.15, 0.2) is 28.7 Å². The highest BCUT2D eigenvalue weighted by Gasteiger charge is 2.38. The molecule has 1 aromatic rings. The Balaban J connectivity index is 1.76. The minimum Gasteiger partial charge on any atom is -0.381 e. The average Bonchev–Trinajstić information content (AvgIpc) is 2.58. The highest BCUT2D eigenvalue weighted by atomic mass is 79.9. The molecule has 1 aliphatic heterocycles. The zero-order chi connectivity index (χ0) is 16.7. The van der Waals surface area contributed by atoms with Gasteiger partial charge in [0.15, 0.2) is 0 Å². The van der Waals surface area contributed by atoms with Gasteiger partial charge in [0.2, 0.25) is 5.91 Å². The van der Waals surface area contributed by atoms with Crippen LogP contribution in [-0.4, -0.2) is 44.7 Å². The van der Waals surface area contributed by atoms with Crippen molar-refractivity contribution < 1.29 is 14.3 Å². The number of hydrogen-bond donors (Lipinski definition) is 3. The summed E-state index contributed by atoms with van der Waals surface area (Å²) < 4.78 is 6.15. The van der Waals surface area contributed by atoms with Crippen molar-refractivity contribution in [3.05, 3.63) is 34.3 Å². The standard InChI is InChI=1S/C16H22BrN3O3/c17-13-3-1-2-12(10-13)14(21)19-6-7-20-15(22)16(11-18)4-8-23-9-5-16/h1-3,10H,4-9,11,18H2,(H,19,21)(H,20,22). The molecule has 4 N–H and O–H groups in total. The molecule has 0 atom stereocenters. The SMILES string of the molecule is NCC1(C(=O)NCCNC(=O)c2cccc(Br)c2)CCOCC1. The molecule has 1 saturated heterocycles. The van der Waals surface area contributed by atoms with Crippen molar-refractivity contribution in [2.24, 2.45) is 11.1 Å². The van der Waals surface area contributed by atoms with Crippen LogP contribution < -0.4 is 16.4 Å². The fourth-order valence-corrected chi connectivity index (χ4v) is 2.96. The van der Waals surface area contributed by atoms with E-state index < -0.39 is 5.41 Å². The molecule has 1 heterocycles. The smallest absolute Gasteiger partial charge is 0.251 e. The van der Waals surface area contributed by atoms with Gasteiger partial charge in [0, 0.05) is 42.9 Å². The van der Waals surface area contributed by atoms with E-state index in [1.807, 2.05) is 6.07 Å². The minimum absolute atomic E-state index is 0.0556. The van der Waals surface area contributed by atoms with E-state index in [1.54, 1.807) is 18.2 Å². The van der Waals surface area contributed by atoms with E-state index >= 15 is 0 Å². The van der Waals surface area contributed by atoms with Crippen molar-refractivity contribution in [1.29, 1.82) is 0 Å². The van der Waals surface area contributed by atoms with Crippen LogP contribution in [0.3, 0.4) is 0 Å². The zero-order valence-electron chi connectivity index (χ0n) is 12.9. The molecule has 0 saturated carbocycles. The molecule has 1 aromatic carbocycles. The number of nitrogens with two attached hydrogens (primary N) is 1. The Morgan fingerprint density at radius 1 is 1.22 bits per heavy atom. The number of halogens is 1. The van der Waals surface area contributed by atoms with E-state index in [4.69, 9.17) is 10.5 Å². The minimum atomic E-state index is -0.535. The predicted octanol–water partition coefficient (Wildman–Crippen LogP) is 1.05. The Labute approximate surface area is 144 Å². The van der Waals surface area contributed by atoms with Gasteiger partial charge in [0.05, 0.1) is 5.41 Å². The number of ether oxygens (including phenoxy) is 1. The van der Waals surface area contributed by atoms with E-state index in [1.165, 1.54) is 0 Å². The summed E-state index contributed by atoms with van der Waals surface area (Å²) in [6, 6.07) is 7.15. The van der Waals surface area contributed by atoms with E-state index in [0.29, 0.717) is 51.3 Å². The van der Waals surface area contributed by atoms with Gasteiger partial charge in [-0.3, -0.25) is 9.59 Å². The molecule has 126 valence electrons. The van der Waals surface area contributed by atoms with Crippen molar-refractivity contribution in [3.63, 3.8) is 0 Å². The van der Waals surface area contributed by atoms with Gasteiger partial charge in [-0.15, -0.1) is 0 Å². The van der Waals surface area contributed by atoms with Crippen molar-refractivity contribution in [2.75, 3.05) is 32.8 Å². The van der Waals surface area contributed by atoms with Crippen LogP contribution in [0.4, 0.5) is 0 Å². The van der Waals surface area contributed by atoms with Gasteiger partial charge in [0.1, 0.15) is 0 Å². The number of nitrogens with one attached hydrogen (secondary N) is 2. The molecule has 23 heavy (non-hydrogen) atoms. The van der Waals surface area contributed by atoms with Gasteiger partial charge in [0.25, 0.3) is 5.91 Å². The lowest BCUT2D eigenvalue weighted by Gasteiger charge is -2.34. The van der Waals surface area contributed by atoms with Gasteiger partial charge in [-0.25, -0.2) is 0 Å². The topological polar surface area (TPSA) is 93.5 Å². The van der Waals surface area contributed by atoms with Crippen molar-refractivity contribution in [1.82, 2.24) is 10.6 Å². The lowest BCUT2D eigenvalue weighted by Crippen LogP contribution is -2.50. The maximum atomic E-state index is 12.3. The molecule has 1 fully saturated rings. The van der Waals surface area contributed by atoms with Crippen LogP contribution in [0, 0.1) is 5.41 Å². The van der Waals surface area contributed by atoms with Gasteiger partial charge in [-0.2, -0.15) is 0 Å². The number of carbonyl (C=O) groups excluding carboxylic acids is 2. The van der Waals surface area contributed by atoms with Crippen molar-refractivity contribution >= 4 is 27.7 Å². The Morgan fingerprint density at radius 3 is 2.57 bits per heavy atom. The summed E-state index contributed by atoms with van der Waals surface area (Å²) in [5, 5.41) is 5.65. The number of hydrogen-bond acceptors (Lipinski definition) is 4. The summed E-state index contributed by atoms with van der Waals surface area (Å²) in [5.74, 6) is -0.222. The van der Waals surface area contributed by atoms with Crippen molar-refractivity contribution in [2.45, 2.75) is 12.8 Å². The van der Waals surface area contributed by atoms with E-state index in [9.17, 15) is 9.59 Å². The quantitative estimate of drug-likeness (QED) is 0.640. The predicted molar refractivity (Wildman–Crippen MR) is 91.0 cm³/mol. The third-order valence-corrected chi connectivity index (χ3v) is 4.60. The zero-order valence-corrected chi connectivity index (χ0v) is 14.5. The monoisotopic (exact) mass is 383 g/mol. The highest BCUT2D eigenvalue weighted by molar-refractivity contribution is 9.10. The molecule has 0 radical (unpaired) electrons. The van der Waals surface area contributed by atoms with Gasteiger partial charge in [-0.1, -0.05) is 22.0 Å². The molecule has 2 rings (SSSR count). The normalized spacial score (nSPS) is 16.6. The summed E-state index contributed by atoms with van der Waals surface area (Å²) in [5.41, 5.74) is 5.83. The van der Waals surface area contributed by atoms with Crippen LogP contribution in [0.25, 0.3) is 0 Å². The van der Waals surface area contributed by atoms with E-state index in [0.717, 1.165) is 4.47 Å². The molecular formula is C16H22BrN3O3. The third-order valence-electron chi connectivity index (χ3n) is 4.11. The van der Waals surface area contributed by atoms with Crippen LogP contribution in [0.1, 0.15) is 23.2 Å². The number of benzene rings is 1. The van der Waals surface area contributed by atoms with Crippen LogP contribution in [0.2, 0.25) is 0 Å². The largest absolute Gasteiger partial charge is 0.381 e. The molecule has 0 bridgehead atoms. The molecular weight excluding hydrogens is 362 g/mol. The highest BCUT2D eigenvalue weighted by Crippen LogP contribution is 2.29. The van der Waals surface area contributed by atoms with Crippen LogP contribution in [-0.2, 0) is 9.53 Å². The number of amides is 2. The van der Waals surface area contributed by atoms with Crippen LogP contribution in [0.5, 0.6) is 0 Å². The summed E-state index contributed by atoms with van der Waals surface area (Å²) in [6.45, 7) is 2.18. The Hall–Kier alpha value is -1.44. The summed E-state index contributed by atoms with van der Waals surface area (Å²) in [6.07, 6.45) is 1.28. The van der Waals surface area contributed by atoms with Gasteiger partial charge >= 0.3 is 0 Å². The first-order valence-corrected chi connectivity index (χ1v) is 8.46. The number of carbonyl (C=O) groups is 2. The lowest BCUT2D eigenvalue weighted by atomic mass is 9.79. The molecule has 1 aliphatic rings. The lowest BCUT2D eigenvalue weighted by molar-refractivity contribution is -0.135. The summed E-state index contributed by atoms with van der Waals surface area (Å²) in [7, 11) is 0. The molecule has 6 nitrogen and oxygen atoms in total. The maximum absolute atomic E-state index is 12.3. The Bertz CT molecular complexity index is 559. The average molecular weight is 384 g/mol. The Morgan fingerprint density at radius 2 is 1.91 bits per heavy atom. The second-order valence-electron chi connectivity index (χ2n) is 5.62. The second kappa shape index (κ2) is 8.42. The first kappa shape index (κ1) is 17.9. The van der Waals surface area contributed by atoms with Crippen LogP contribution >= 0.6 is 15.9 Å². The maximum Gasteiger partial charge on any atom is 0.251 e. The molecule has 0 aromatic heterocycles. The van der Waals surface area contributed by atoms with Gasteiger partial charge < -0.3 is 21.1 Å². The van der Waals surface area contributed by atoms with E-state index in [-0.39, 0.29) is 11.8 Å². The molecule has 0 aliphatic carbocycles. The number of rotatable bonds is 6. The fourth-order valence-electron chi connectivity index (χ4n) is 2.56. The molecule has 0 spiro atoms.